The number of likely N-dealkylation sites (tertiary alicyclic amines) is 2. The number of aryl methyl sites for hydroxylation is 1. The van der Waals surface area contributed by atoms with Gasteiger partial charge in [-0.25, -0.2) is 4.98 Å². The lowest BCUT2D eigenvalue weighted by molar-refractivity contribution is -0.136. The number of hydrogen-bond acceptors (Lipinski definition) is 4. The fourth-order valence-electron chi connectivity index (χ4n) is 4.55. The molecule has 30 heavy (non-hydrogen) atoms. The van der Waals surface area contributed by atoms with Crippen LogP contribution in [0.5, 0.6) is 5.75 Å². The molecule has 0 saturated carbocycles. The highest BCUT2D eigenvalue weighted by molar-refractivity contribution is 5.95. The smallest absolute Gasteiger partial charge is 0.254 e. The summed E-state index contributed by atoms with van der Waals surface area (Å²) in [6.07, 6.45) is 6.64. The molecule has 2 aromatic rings. The maximum absolute atomic E-state index is 13.0. The van der Waals surface area contributed by atoms with E-state index in [0.717, 1.165) is 44.7 Å². The Morgan fingerprint density at radius 1 is 1.13 bits per heavy atom. The first-order chi connectivity index (χ1) is 14.5. The van der Waals surface area contributed by atoms with Crippen molar-refractivity contribution in [1.82, 2.24) is 19.4 Å². The van der Waals surface area contributed by atoms with Crippen LogP contribution in [-0.2, 0) is 11.3 Å². The van der Waals surface area contributed by atoms with Crippen LogP contribution >= 0.6 is 0 Å². The summed E-state index contributed by atoms with van der Waals surface area (Å²) in [6, 6.07) is 7.20. The first-order valence-electron chi connectivity index (χ1n) is 10.7. The molecule has 0 N–H and O–H groups in total. The summed E-state index contributed by atoms with van der Waals surface area (Å²) >= 11 is 0. The molecule has 1 aromatic carbocycles. The third-order valence-electron chi connectivity index (χ3n) is 6.45. The van der Waals surface area contributed by atoms with Crippen LogP contribution in [0.3, 0.4) is 0 Å². The van der Waals surface area contributed by atoms with E-state index in [2.05, 4.69) is 9.55 Å². The van der Waals surface area contributed by atoms with E-state index in [4.69, 9.17) is 4.74 Å². The van der Waals surface area contributed by atoms with Crippen LogP contribution in [-0.4, -0.2) is 64.5 Å². The van der Waals surface area contributed by atoms with Gasteiger partial charge in [0.25, 0.3) is 5.91 Å². The highest BCUT2D eigenvalue weighted by Gasteiger charge is 2.35. The molecule has 0 bridgehead atoms. The zero-order valence-electron chi connectivity index (χ0n) is 17.8. The van der Waals surface area contributed by atoms with Gasteiger partial charge < -0.3 is 19.1 Å². The molecule has 0 spiro atoms. The highest BCUT2D eigenvalue weighted by Crippen LogP contribution is 2.26. The lowest BCUT2D eigenvalue weighted by Crippen LogP contribution is -2.43. The fraction of sp³-hybridized carbons (Fsp3) is 0.522. The van der Waals surface area contributed by atoms with Crippen LogP contribution in [0.4, 0.5) is 0 Å². The summed E-state index contributed by atoms with van der Waals surface area (Å²) in [6.45, 7) is 5.73. The Kier molecular flexibility index (Phi) is 6.06. The number of nitrogens with zero attached hydrogens (tertiary/aromatic N) is 4. The van der Waals surface area contributed by atoms with Crippen LogP contribution in [0.2, 0.25) is 0 Å². The zero-order chi connectivity index (χ0) is 21.1. The van der Waals surface area contributed by atoms with E-state index in [0.29, 0.717) is 30.3 Å². The van der Waals surface area contributed by atoms with Gasteiger partial charge in [-0.05, 0) is 50.3 Å². The van der Waals surface area contributed by atoms with Gasteiger partial charge in [-0.3, -0.25) is 9.59 Å². The maximum atomic E-state index is 13.0. The van der Waals surface area contributed by atoms with Gasteiger partial charge in [0.1, 0.15) is 11.6 Å². The van der Waals surface area contributed by atoms with E-state index in [9.17, 15) is 9.59 Å². The SMILES string of the molecule is COc1cccc(C(=O)N2CC[C@H](C(=O)N3CCC(Cn4ccnc4C)CC3)C2)c1. The molecule has 2 aliphatic heterocycles. The molecule has 3 heterocycles. The minimum Gasteiger partial charge on any atom is -0.497 e. The molecular weight excluding hydrogens is 380 g/mol. The number of hydrogen-bond donors (Lipinski definition) is 0. The Morgan fingerprint density at radius 2 is 1.90 bits per heavy atom. The molecule has 0 aliphatic carbocycles. The first kappa shape index (κ1) is 20.4. The van der Waals surface area contributed by atoms with Crippen molar-refractivity contribution in [3.63, 3.8) is 0 Å². The van der Waals surface area contributed by atoms with Crippen LogP contribution in [0.15, 0.2) is 36.7 Å². The normalized spacial score (nSPS) is 19.9. The van der Waals surface area contributed by atoms with E-state index in [1.165, 1.54) is 0 Å². The molecule has 2 amide bonds. The Bertz CT molecular complexity index is 901. The van der Waals surface area contributed by atoms with Crippen molar-refractivity contribution in [3.05, 3.63) is 48.0 Å². The second-order valence-electron chi connectivity index (χ2n) is 8.36. The fourth-order valence-corrected chi connectivity index (χ4v) is 4.55. The number of aromatic nitrogens is 2. The molecule has 160 valence electrons. The Labute approximate surface area is 177 Å². The van der Waals surface area contributed by atoms with Crippen molar-refractivity contribution < 1.29 is 14.3 Å². The number of imidazole rings is 1. The number of carbonyl (C=O) groups is 2. The average molecular weight is 411 g/mol. The molecule has 0 unspecified atom stereocenters. The lowest BCUT2D eigenvalue weighted by atomic mass is 9.95. The number of piperidine rings is 1. The van der Waals surface area contributed by atoms with Gasteiger partial charge in [-0.2, -0.15) is 0 Å². The van der Waals surface area contributed by atoms with Crippen LogP contribution in [0.1, 0.15) is 35.4 Å². The van der Waals surface area contributed by atoms with Crippen molar-refractivity contribution in [3.8, 4) is 5.75 Å². The second-order valence-corrected chi connectivity index (χ2v) is 8.36. The summed E-state index contributed by atoms with van der Waals surface area (Å²) in [5.74, 6) is 2.37. The predicted molar refractivity (Wildman–Crippen MR) is 113 cm³/mol. The molecule has 7 nitrogen and oxygen atoms in total. The van der Waals surface area contributed by atoms with Crippen LogP contribution in [0.25, 0.3) is 0 Å². The van der Waals surface area contributed by atoms with Gasteiger partial charge in [0, 0.05) is 50.7 Å². The Balaban J connectivity index is 1.29. The van der Waals surface area contributed by atoms with Gasteiger partial charge >= 0.3 is 0 Å². The largest absolute Gasteiger partial charge is 0.497 e. The van der Waals surface area contributed by atoms with E-state index < -0.39 is 0 Å². The lowest BCUT2D eigenvalue weighted by Gasteiger charge is -2.33. The highest BCUT2D eigenvalue weighted by atomic mass is 16.5. The third-order valence-corrected chi connectivity index (χ3v) is 6.45. The summed E-state index contributed by atoms with van der Waals surface area (Å²) in [5.41, 5.74) is 0.609. The van der Waals surface area contributed by atoms with E-state index in [1.807, 2.05) is 36.4 Å². The topological polar surface area (TPSA) is 67.7 Å². The number of amides is 2. The van der Waals surface area contributed by atoms with E-state index in [1.54, 1.807) is 24.1 Å². The molecule has 2 saturated heterocycles. The molecule has 2 aliphatic rings. The second kappa shape index (κ2) is 8.90. The van der Waals surface area contributed by atoms with Crippen molar-refractivity contribution >= 4 is 11.8 Å². The molecule has 2 fully saturated rings. The average Bonchev–Trinajstić information content (AvgIpc) is 3.43. The quantitative estimate of drug-likeness (QED) is 0.760. The minimum atomic E-state index is -0.0907. The Morgan fingerprint density at radius 3 is 2.60 bits per heavy atom. The summed E-state index contributed by atoms with van der Waals surface area (Å²) in [5, 5.41) is 0. The van der Waals surface area contributed by atoms with Crippen LogP contribution in [0, 0.1) is 18.8 Å². The molecule has 7 heteroatoms. The number of benzene rings is 1. The van der Waals surface area contributed by atoms with Crippen LogP contribution < -0.4 is 4.74 Å². The number of methoxy groups -OCH3 is 1. The standard InChI is InChI=1S/C23H30N4O3/c1-17-24-9-13-26(17)15-18-6-10-25(11-7-18)23(29)20-8-12-27(16-20)22(28)19-4-3-5-21(14-19)30-2/h3-5,9,13-14,18,20H,6-8,10-12,15-16H2,1-2H3/t20-/m0/s1. The Hall–Kier alpha value is -2.83. The van der Waals surface area contributed by atoms with Gasteiger partial charge in [-0.15, -0.1) is 0 Å². The van der Waals surface area contributed by atoms with Gasteiger partial charge in [-0.1, -0.05) is 6.07 Å². The monoisotopic (exact) mass is 410 g/mol. The van der Waals surface area contributed by atoms with Gasteiger partial charge in [0.05, 0.1) is 13.0 Å². The third kappa shape index (κ3) is 4.35. The van der Waals surface area contributed by atoms with Crippen molar-refractivity contribution in [2.75, 3.05) is 33.3 Å². The van der Waals surface area contributed by atoms with Gasteiger partial charge in [0.15, 0.2) is 0 Å². The zero-order valence-corrected chi connectivity index (χ0v) is 17.8. The first-order valence-corrected chi connectivity index (χ1v) is 10.7. The minimum absolute atomic E-state index is 0.0291. The van der Waals surface area contributed by atoms with Crippen molar-refractivity contribution in [2.24, 2.45) is 11.8 Å². The summed E-state index contributed by atoms with van der Waals surface area (Å²) < 4.78 is 7.41. The van der Waals surface area contributed by atoms with Crippen molar-refractivity contribution in [2.45, 2.75) is 32.7 Å². The predicted octanol–water partition coefficient (Wildman–Crippen LogP) is 2.60. The van der Waals surface area contributed by atoms with E-state index in [-0.39, 0.29) is 17.7 Å². The molecule has 0 radical (unpaired) electrons. The van der Waals surface area contributed by atoms with Crippen molar-refractivity contribution in [1.29, 1.82) is 0 Å². The van der Waals surface area contributed by atoms with Gasteiger partial charge in [0.2, 0.25) is 5.91 Å². The number of rotatable bonds is 5. The molecule has 1 atom stereocenters. The summed E-state index contributed by atoms with van der Waals surface area (Å²) in [4.78, 5) is 33.9. The number of ether oxygens (including phenoxy) is 1. The number of carbonyl (C=O) groups excluding carboxylic acids is 2. The molecule has 1 aromatic heterocycles. The summed E-state index contributed by atoms with van der Waals surface area (Å²) in [7, 11) is 1.59. The molecule has 4 rings (SSSR count). The maximum Gasteiger partial charge on any atom is 0.254 e. The molecular formula is C23H30N4O3. The van der Waals surface area contributed by atoms with E-state index >= 15 is 0 Å².